The molecule has 170 valence electrons. The molecule has 1 fully saturated rings. The monoisotopic (exact) mass is 440 g/mol. The van der Waals surface area contributed by atoms with Crippen LogP contribution in [0, 0.1) is 6.92 Å². The molecule has 2 aromatic heterocycles. The molecule has 11 heteroatoms. The summed E-state index contributed by atoms with van der Waals surface area (Å²) < 4.78 is 8.47. The van der Waals surface area contributed by atoms with Gasteiger partial charge in [-0.25, -0.2) is 4.79 Å². The van der Waals surface area contributed by atoms with Crippen LogP contribution >= 0.6 is 0 Å². The zero-order valence-corrected chi connectivity index (χ0v) is 18.4. The molecule has 0 bridgehead atoms. The van der Waals surface area contributed by atoms with E-state index in [2.05, 4.69) is 30.8 Å². The SMILES string of the molecule is CCn1nnn(CCN2CCC(NC(=O)Cc3ccccc3)(c3nnc(C)o3)CC2)c1=O. The van der Waals surface area contributed by atoms with Crippen LogP contribution in [0.25, 0.3) is 0 Å². The van der Waals surface area contributed by atoms with Crippen molar-refractivity contribution in [3.05, 3.63) is 58.2 Å². The molecule has 4 rings (SSSR count). The third-order valence-corrected chi connectivity index (χ3v) is 5.86. The summed E-state index contributed by atoms with van der Waals surface area (Å²) in [7, 11) is 0. The second-order valence-corrected chi connectivity index (χ2v) is 8.06. The van der Waals surface area contributed by atoms with Gasteiger partial charge in [0, 0.05) is 33.1 Å². The van der Waals surface area contributed by atoms with Gasteiger partial charge < -0.3 is 14.6 Å². The number of hydrogen-bond donors (Lipinski definition) is 1. The molecule has 11 nitrogen and oxygen atoms in total. The maximum atomic E-state index is 12.9. The molecule has 1 aliphatic rings. The molecular formula is C21H28N8O3. The first-order valence-corrected chi connectivity index (χ1v) is 10.9. The highest BCUT2D eigenvalue weighted by molar-refractivity contribution is 5.79. The molecule has 0 saturated carbocycles. The Morgan fingerprint density at radius 1 is 1.09 bits per heavy atom. The number of piperidine rings is 1. The van der Waals surface area contributed by atoms with Crippen LogP contribution in [0.5, 0.6) is 0 Å². The van der Waals surface area contributed by atoms with E-state index in [-0.39, 0.29) is 18.0 Å². The maximum Gasteiger partial charge on any atom is 0.363 e. The van der Waals surface area contributed by atoms with Crippen molar-refractivity contribution >= 4 is 5.91 Å². The molecule has 0 aliphatic carbocycles. The van der Waals surface area contributed by atoms with Crippen molar-refractivity contribution in [3.63, 3.8) is 0 Å². The third-order valence-electron chi connectivity index (χ3n) is 5.86. The maximum absolute atomic E-state index is 12.9. The fourth-order valence-corrected chi connectivity index (χ4v) is 4.01. The van der Waals surface area contributed by atoms with Crippen LogP contribution in [-0.2, 0) is 29.8 Å². The number of rotatable bonds is 8. The number of likely N-dealkylation sites (tertiary alicyclic amines) is 1. The smallest absolute Gasteiger partial charge is 0.363 e. The minimum atomic E-state index is -0.703. The van der Waals surface area contributed by atoms with Gasteiger partial charge in [0.2, 0.25) is 17.7 Å². The minimum Gasteiger partial charge on any atom is -0.423 e. The van der Waals surface area contributed by atoms with Gasteiger partial charge in [0.05, 0.1) is 13.0 Å². The molecule has 0 spiro atoms. The number of tetrazole rings is 1. The molecule has 1 aliphatic heterocycles. The van der Waals surface area contributed by atoms with E-state index in [1.807, 2.05) is 37.3 Å². The van der Waals surface area contributed by atoms with Gasteiger partial charge in [-0.2, -0.15) is 9.36 Å². The van der Waals surface area contributed by atoms with Crippen LogP contribution in [0.3, 0.4) is 0 Å². The summed E-state index contributed by atoms with van der Waals surface area (Å²) in [5, 5.41) is 19.2. The Balaban J connectivity index is 1.41. The second-order valence-electron chi connectivity index (χ2n) is 8.06. The summed E-state index contributed by atoms with van der Waals surface area (Å²) in [5.41, 5.74) is 0.0458. The Labute approximate surface area is 185 Å². The van der Waals surface area contributed by atoms with Gasteiger partial charge >= 0.3 is 5.69 Å². The summed E-state index contributed by atoms with van der Waals surface area (Å²) in [6, 6.07) is 9.63. The first kappa shape index (κ1) is 21.9. The molecule has 1 amide bonds. The summed E-state index contributed by atoms with van der Waals surface area (Å²) in [5.74, 6) is 0.832. The summed E-state index contributed by atoms with van der Waals surface area (Å²) in [6.07, 6.45) is 1.55. The van der Waals surface area contributed by atoms with Crippen LogP contribution in [0.4, 0.5) is 0 Å². The molecule has 32 heavy (non-hydrogen) atoms. The summed E-state index contributed by atoms with van der Waals surface area (Å²) in [6.45, 7) is 6.65. The quantitative estimate of drug-likeness (QED) is 0.537. The summed E-state index contributed by atoms with van der Waals surface area (Å²) in [4.78, 5) is 27.2. The van der Waals surface area contributed by atoms with E-state index < -0.39 is 5.54 Å². The highest BCUT2D eigenvalue weighted by atomic mass is 16.4. The normalized spacial score (nSPS) is 16.2. The van der Waals surface area contributed by atoms with Crippen molar-refractivity contribution in [2.75, 3.05) is 19.6 Å². The molecular weight excluding hydrogens is 412 g/mol. The first-order chi connectivity index (χ1) is 15.5. The van der Waals surface area contributed by atoms with Gasteiger partial charge in [0.25, 0.3) is 0 Å². The Morgan fingerprint density at radius 3 is 2.44 bits per heavy atom. The van der Waals surface area contributed by atoms with Gasteiger partial charge in [-0.15, -0.1) is 10.2 Å². The lowest BCUT2D eigenvalue weighted by molar-refractivity contribution is -0.123. The first-order valence-electron chi connectivity index (χ1n) is 10.9. The average molecular weight is 441 g/mol. The molecule has 0 radical (unpaired) electrons. The Kier molecular flexibility index (Phi) is 6.45. The van der Waals surface area contributed by atoms with Crippen LogP contribution in [-0.4, -0.2) is 60.4 Å². The van der Waals surface area contributed by atoms with Crippen molar-refractivity contribution in [2.24, 2.45) is 0 Å². The topological polar surface area (TPSA) is 124 Å². The lowest BCUT2D eigenvalue weighted by atomic mass is 9.86. The largest absolute Gasteiger partial charge is 0.423 e. The highest BCUT2D eigenvalue weighted by Gasteiger charge is 2.42. The molecule has 0 atom stereocenters. The lowest BCUT2D eigenvalue weighted by Gasteiger charge is -2.40. The fourth-order valence-electron chi connectivity index (χ4n) is 4.01. The minimum absolute atomic E-state index is 0.0803. The van der Waals surface area contributed by atoms with Gasteiger partial charge in [-0.1, -0.05) is 30.3 Å². The van der Waals surface area contributed by atoms with Gasteiger partial charge in [-0.05, 0) is 35.8 Å². The van der Waals surface area contributed by atoms with Crippen LogP contribution in [0.1, 0.15) is 37.1 Å². The average Bonchev–Trinajstić information content (AvgIpc) is 3.39. The lowest BCUT2D eigenvalue weighted by Crippen LogP contribution is -2.54. The van der Waals surface area contributed by atoms with Gasteiger partial charge in [0.15, 0.2) is 0 Å². The van der Waals surface area contributed by atoms with Crippen molar-refractivity contribution < 1.29 is 9.21 Å². The number of carbonyl (C=O) groups is 1. The van der Waals surface area contributed by atoms with E-state index >= 15 is 0 Å². The van der Waals surface area contributed by atoms with Crippen molar-refractivity contribution in [3.8, 4) is 0 Å². The zero-order chi connectivity index (χ0) is 22.6. The third kappa shape index (κ3) is 4.77. The van der Waals surface area contributed by atoms with E-state index in [1.165, 1.54) is 9.36 Å². The predicted octanol–water partition coefficient (Wildman–Crippen LogP) is 0.501. The number of carbonyl (C=O) groups excluding carboxylic acids is 1. The molecule has 3 heterocycles. The predicted molar refractivity (Wildman–Crippen MR) is 115 cm³/mol. The standard InChI is InChI=1S/C21H28N8O3/c1-3-28-20(31)29(26-25-28)14-13-27-11-9-21(10-12-27,19-24-23-16(2)32-19)22-18(30)15-17-7-5-4-6-8-17/h4-8H,3,9-15H2,1-2H3,(H,22,30). The summed E-state index contributed by atoms with van der Waals surface area (Å²) >= 11 is 0. The van der Waals surface area contributed by atoms with Crippen LogP contribution in [0.2, 0.25) is 0 Å². The van der Waals surface area contributed by atoms with Gasteiger partial charge in [-0.3, -0.25) is 4.79 Å². The number of benzene rings is 1. The number of nitrogens with one attached hydrogen (secondary N) is 1. The zero-order valence-electron chi connectivity index (χ0n) is 18.4. The number of amides is 1. The molecule has 1 saturated heterocycles. The van der Waals surface area contributed by atoms with E-state index in [9.17, 15) is 9.59 Å². The fraction of sp³-hybridized carbons (Fsp3) is 0.524. The van der Waals surface area contributed by atoms with Crippen molar-refractivity contribution in [2.45, 2.75) is 51.7 Å². The number of aryl methyl sites for hydroxylation is 2. The number of hydrogen-bond acceptors (Lipinski definition) is 8. The van der Waals surface area contributed by atoms with Crippen LogP contribution in [0.15, 0.2) is 39.5 Å². The molecule has 3 aromatic rings. The van der Waals surface area contributed by atoms with Gasteiger partial charge in [0.1, 0.15) is 5.54 Å². The molecule has 0 unspecified atom stereocenters. The number of nitrogens with zero attached hydrogens (tertiary/aromatic N) is 7. The van der Waals surface area contributed by atoms with Crippen molar-refractivity contribution in [1.82, 2.24) is 40.2 Å². The van der Waals surface area contributed by atoms with E-state index in [4.69, 9.17) is 4.42 Å². The Bertz CT molecular complexity index is 1100. The Morgan fingerprint density at radius 2 is 1.81 bits per heavy atom. The van der Waals surface area contributed by atoms with E-state index in [1.54, 1.807) is 6.92 Å². The Hall–Kier alpha value is -3.34. The molecule has 1 aromatic carbocycles. The van der Waals surface area contributed by atoms with E-state index in [0.717, 1.165) is 5.56 Å². The molecule has 1 N–H and O–H groups in total. The second kappa shape index (κ2) is 9.43. The highest BCUT2D eigenvalue weighted by Crippen LogP contribution is 2.32. The van der Waals surface area contributed by atoms with Crippen LogP contribution < -0.4 is 11.0 Å². The van der Waals surface area contributed by atoms with E-state index in [0.29, 0.717) is 57.3 Å². The van der Waals surface area contributed by atoms with Crippen molar-refractivity contribution in [1.29, 1.82) is 0 Å². The number of aromatic nitrogens is 6.